The molecule has 2 heterocycles. The Balaban J connectivity index is 2.26. The Morgan fingerprint density at radius 3 is 2.68 bits per heavy atom. The fraction of sp³-hybridized carbons (Fsp3) is 0.714. The Bertz CT molecular complexity index is 629. The molecule has 1 aromatic heterocycles. The van der Waals surface area contributed by atoms with Gasteiger partial charge in [0.1, 0.15) is 12.3 Å². The fourth-order valence-electron chi connectivity index (χ4n) is 2.19. The maximum atomic E-state index is 11.9. The number of nitrogens with one attached hydrogen (secondary N) is 1. The summed E-state index contributed by atoms with van der Waals surface area (Å²) in [5.41, 5.74) is -1.27. The maximum absolute atomic E-state index is 11.9. The van der Waals surface area contributed by atoms with Gasteiger partial charge in [0.05, 0.1) is 30.5 Å². The minimum absolute atomic E-state index is 0.0534. The molecule has 1 fully saturated rings. The van der Waals surface area contributed by atoms with Gasteiger partial charge in [0.25, 0.3) is 5.56 Å². The Morgan fingerprint density at radius 2 is 2.14 bits per heavy atom. The van der Waals surface area contributed by atoms with E-state index >= 15 is 0 Å². The van der Waals surface area contributed by atoms with Gasteiger partial charge in [-0.15, -0.1) is 0 Å². The summed E-state index contributed by atoms with van der Waals surface area (Å²) in [4.78, 5) is 26.0. The second-order valence-corrected chi connectivity index (χ2v) is 6.34. The number of hydrogen-bond donors (Lipinski definition) is 3. The van der Waals surface area contributed by atoms with Crippen molar-refractivity contribution in [3.05, 3.63) is 32.6 Å². The van der Waals surface area contributed by atoms with Crippen LogP contribution in [-0.4, -0.2) is 44.2 Å². The molecule has 1 saturated heterocycles. The molecule has 1 aliphatic rings. The van der Waals surface area contributed by atoms with Crippen molar-refractivity contribution in [3.63, 3.8) is 0 Å². The van der Waals surface area contributed by atoms with Crippen LogP contribution in [0.25, 0.3) is 0 Å². The lowest BCUT2D eigenvalue weighted by atomic mass is 10.2. The van der Waals surface area contributed by atoms with Crippen LogP contribution in [0.3, 0.4) is 0 Å². The Labute approximate surface area is 127 Å². The van der Waals surface area contributed by atoms with Crippen molar-refractivity contribution >= 4 is 0 Å². The zero-order valence-corrected chi connectivity index (χ0v) is 12.9. The standard InChI is InChI=1S/C14H22N2O6/c1-14(2,3)21-7-8-5-16(13(20)15-12(8)19)11-4-9(18)10(6-17)22-11/h5,9-11,17-18H,4,6-7H2,1-3H3,(H,15,19,20)/t9-,10+,11+/m0/s1. The zero-order chi connectivity index (χ0) is 16.5. The highest BCUT2D eigenvalue weighted by Crippen LogP contribution is 2.27. The van der Waals surface area contributed by atoms with E-state index in [-0.39, 0.29) is 19.6 Å². The van der Waals surface area contributed by atoms with Crippen molar-refractivity contribution in [2.75, 3.05) is 6.61 Å². The molecule has 8 nitrogen and oxygen atoms in total. The van der Waals surface area contributed by atoms with E-state index in [2.05, 4.69) is 4.98 Å². The first kappa shape index (κ1) is 16.9. The summed E-state index contributed by atoms with van der Waals surface area (Å²) in [5, 5.41) is 18.8. The summed E-state index contributed by atoms with van der Waals surface area (Å²) < 4.78 is 12.2. The Hall–Kier alpha value is -1.48. The molecule has 1 aliphatic heterocycles. The van der Waals surface area contributed by atoms with Crippen LogP contribution >= 0.6 is 0 Å². The van der Waals surface area contributed by atoms with E-state index in [4.69, 9.17) is 14.6 Å². The number of ether oxygens (including phenoxy) is 2. The van der Waals surface area contributed by atoms with Crippen molar-refractivity contribution in [2.45, 2.75) is 57.8 Å². The summed E-state index contributed by atoms with van der Waals surface area (Å²) in [7, 11) is 0. The summed E-state index contributed by atoms with van der Waals surface area (Å²) in [6.07, 6.45) is -0.785. The lowest BCUT2D eigenvalue weighted by molar-refractivity contribution is -0.0466. The molecule has 2 rings (SSSR count). The molecule has 124 valence electrons. The fourth-order valence-corrected chi connectivity index (χ4v) is 2.19. The van der Waals surface area contributed by atoms with Crippen LogP contribution in [0.1, 0.15) is 39.0 Å². The van der Waals surface area contributed by atoms with Crippen molar-refractivity contribution in [2.24, 2.45) is 0 Å². The van der Waals surface area contributed by atoms with E-state index in [9.17, 15) is 14.7 Å². The molecule has 0 amide bonds. The molecule has 8 heteroatoms. The number of hydrogen-bond acceptors (Lipinski definition) is 6. The number of rotatable bonds is 4. The molecule has 3 atom stereocenters. The van der Waals surface area contributed by atoms with E-state index in [1.807, 2.05) is 20.8 Å². The molecule has 0 bridgehead atoms. The molecule has 0 radical (unpaired) electrons. The SMILES string of the molecule is CC(C)(C)OCc1cn([C@H]2C[C@H](O)[C@@H](CO)O2)c(=O)[nH]c1=O. The largest absolute Gasteiger partial charge is 0.394 e. The number of aliphatic hydroxyl groups excluding tert-OH is 2. The monoisotopic (exact) mass is 314 g/mol. The molecule has 0 saturated carbocycles. The van der Waals surface area contributed by atoms with E-state index in [1.165, 1.54) is 10.8 Å². The zero-order valence-electron chi connectivity index (χ0n) is 12.9. The highest BCUT2D eigenvalue weighted by Gasteiger charge is 2.35. The molecule has 22 heavy (non-hydrogen) atoms. The molecular weight excluding hydrogens is 292 g/mol. The summed E-state index contributed by atoms with van der Waals surface area (Å²) in [6.45, 7) is 5.30. The predicted octanol–water partition coefficient (Wildman–Crippen LogP) is -0.508. The number of aliphatic hydroxyl groups is 2. The van der Waals surface area contributed by atoms with Crippen LogP contribution in [0.15, 0.2) is 15.8 Å². The third-order valence-corrected chi connectivity index (χ3v) is 3.40. The first-order valence-electron chi connectivity index (χ1n) is 7.14. The van der Waals surface area contributed by atoms with Gasteiger partial charge in [-0.2, -0.15) is 0 Å². The van der Waals surface area contributed by atoms with Crippen LogP contribution in [0.5, 0.6) is 0 Å². The normalized spacial score (nSPS) is 25.6. The van der Waals surface area contributed by atoms with Gasteiger partial charge in [0.2, 0.25) is 0 Å². The second-order valence-electron chi connectivity index (χ2n) is 6.34. The molecule has 0 spiro atoms. The van der Waals surface area contributed by atoms with E-state index in [0.717, 1.165) is 0 Å². The quantitative estimate of drug-likeness (QED) is 0.690. The van der Waals surface area contributed by atoms with Crippen molar-refractivity contribution < 1.29 is 19.7 Å². The van der Waals surface area contributed by atoms with Gasteiger partial charge in [-0.3, -0.25) is 14.3 Å². The van der Waals surface area contributed by atoms with Crippen LogP contribution < -0.4 is 11.2 Å². The van der Waals surface area contributed by atoms with Crippen molar-refractivity contribution in [3.8, 4) is 0 Å². The van der Waals surface area contributed by atoms with E-state index in [0.29, 0.717) is 5.56 Å². The minimum atomic E-state index is -0.858. The van der Waals surface area contributed by atoms with Gasteiger partial charge in [-0.1, -0.05) is 0 Å². The van der Waals surface area contributed by atoms with Gasteiger partial charge in [-0.25, -0.2) is 4.79 Å². The summed E-state index contributed by atoms with van der Waals surface area (Å²) in [6, 6.07) is 0. The number of aromatic amines is 1. The van der Waals surface area contributed by atoms with Gasteiger partial charge >= 0.3 is 5.69 Å². The molecule has 0 aromatic carbocycles. The second kappa shape index (κ2) is 6.33. The molecular formula is C14H22N2O6. The van der Waals surface area contributed by atoms with Gasteiger partial charge < -0.3 is 19.7 Å². The van der Waals surface area contributed by atoms with Gasteiger partial charge in [0, 0.05) is 12.6 Å². The number of nitrogens with zero attached hydrogens (tertiary/aromatic N) is 1. The van der Waals surface area contributed by atoms with E-state index in [1.54, 1.807) is 0 Å². The molecule has 0 unspecified atom stereocenters. The lowest BCUT2D eigenvalue weighted by Gasteiger charge is -2.20. The first-order valence-corrected chi connectivity index (χ1v) is 7.14. The Kier molecular flexibility index (Phi) is 4.86. The number of H-pyrrole nitrogens is 1. The molecule has 1 aromatic rings. The molecule has 0 aliphatic carbocycles. The highest BCUT2D eigenvalue weighted by molar-refractivity contribution is 5.04. The minimum Gasteiger partial charge on any atom is -0.394 e. The van der Waals surface area contributed by atoms with Gasteiger partial charge in [0.15, 0.2) is 0 Å². The average Bonchev–Trinajstić information content (AvgIpc) is 2.77. The van der Waals surface area contributed by atoms with Crippen LogP contribution in [0.2, 0.25) is 0 Å². The third-order valence-electron chi connectivity index (χ3n) is 3.40. The van der Waals surface area contributed by atoms with Crippen LogP contribution in [0.4, 0.5) is 0 Å². The first-order chi connectivity index (χ1) is 10.2. The topological polar surface area (TPSA) is 114 Å². The van der Waals surface area contributed by atoms with Crippen molar-refractivity contribution in [1.29, 1.82) is 0 Å². The average molecular weight is 314 g/mol. The van der Waals surface area contributed by atoms with Crippen LogP contribution in [0, 0.1) is 0 Å². The van der Waals surface area contributed by atoms with Gasteiger partial charge in [-0.05, 0) is 20.8 Å². The molecule has 3 N–H and O–H groups in total. The lowest BCUT2D eigenvalue weighted by Crippen LogP contribution is -2.35. The van der Waals surface area contributed by atoms with Crippen molar-refractivity contribution in [1.82, 2.24) is 9.55 Å². The highest BCUT2D eigenvalue weighted by atomic mass is 16.5. The number of aromatic nitrogens is 2. The maximum Gasteiger partial charge on any atom is 0.330 e. The van der Waals surface area contributed by atoms with E-state index < -0.39 is 35.3 Å². The smallest absolute Gasteiger partial charge is 0.330 e. The van der Waals surface area contributed by atoms with Crippen LogP contribution in [-0.2, 0) is 16.1 Å². The third kappa shape index (κ3) is 3.83. The summed E-state index contributed by atoms with van der Waals surface area (Å²) in [5.74, 6) is 0. The Morgan fingerprint density at radius 1 is 1.45 bits per heavy atom. The predicted molar refractivity (Wildman–Crippen MR) is 77.5 cm³/mol. The summed E-state index contributed by atoms with van der Waals surface area (Å²) >= 11 is 0.